The van der Waals surface area contributed by atoms with Crippen molar-refractivity contribution in [2.45, 2.75) is 31.3 Å². The average Bonchev–Trinajstić information content (AvgIpc) is 3.53. The Morgan fingerprint density at radius 3 is 2.81 bits per heavy atom. The molecule has 166 valence electrons. The molecule has 0 radical (unpaired) electrons. The topological polar surface area (TPSA) is 115 Å². The fraction of sp³-hybridized carbons (Fsp3) is 0.300. The van der Waals surface area contributed by atoms with E-state index in [0.29, 0.717) is 30.0 Å². The first-order chi connectivity index (χ1) is 15.4. The number of alkyl halides is 1. The molecule has 0 spiro atoms. The minimum Gasteiger partial charge on any atom is -0.365 e. The van der Waals surface area contributed by atoms with Crippen LogP contribution in [0.15, 0.2) is 36.7 Å². The lowest BCUT2D eigenvalue weighted by molar-refractivity contribution is -0.0972. The van der Waals surface area contributed by atoms with E-state index in [2.05, 4.69) is 25.3 Å². The summed E-state index contributed by atoms with van der Waals surface area (Å²) in [6.45, 7) is 0.607. The molecule has 1 aromatic carbocycles. The van der Waals surface area contributed by atoms with Gasteiger partial charge >= 0.3 is 0 Å². The van der Waals surface area contributed by atoms with Gasteiger partial charge in [0.15, 0.2) is 23.6 Å². The van der Waals surface area contributed by atoms with E-state index < -0.39 is 24.1 Å². The molecule has 9 nitrogen and oxygen atoms in total. The molecule has 1 fully saturated rings. The van der Waals surface area contributed by atoms with Gasteiger partial charge in [0, 0.05) is 18.3 Å². The maximum atomic E-state index is 14.4. The molecule has 0 amide bonds. The number of nitrogens with zero attached hydrogens (tertiary/aromatic N) is 6. The molecule has 0 saturated carbocycles. The summed E-state index contributed by atoms with van der Waals surface area (Å²) in [5, 5.41) is 28.5. The van der Waals surface area contributed by atoms with Crippen LogP contribution in [-0.2, 0) is 0 Å². The van der Waals surface area contributed by atoms with Crippen molar-refractivity contribution in [1.82, 2.24) is 29.8 Å². The summed E-state index contributed by atoms with van der Waals surface area (Å²) in [7, 11) is 0. The van der Waals surface area contributed by atoms with Crippen LogP contribution in [-0.4, -0.2) is 52.8 Å². The largest absolute Gasteiger partial charge is 0.365 e. The third-order valence-electron chi connectivity index (χ3n) is 5.49. The highest BCUT2D eigenvalue weighted by atomic mass is 19.1. The third-order valence-corrected chi connectivity index (χ3v) is 5.49. The molecular weight excluding hydrogens is 427 g/mol. The van der Waals surface area contributed by atoms with Crippen LogP contribution in [0.3, 0.4) is 0 Å². The van der Waals surface area contributed by atoms with Gasteiger partial charge in [-0.2, -0.15) is 10.2 Å². The Bertz CT molecular complexity index is 1280. The van der Waals surface area contributed by atoms with Crippen LogP contribution in [0.4, 0.5) is 19.0 Å². The molecule has 1 saturated heterocycles. The van der Waals surface area contributed by atoms with Crippen molar-refractivity contribution in [3.8, 4) is 11.4 Å². The number of aromatic nitrogens is 6. The van der Waals surface area contributed by atoms with Crippen molar-refractivity contribution >= 4 is 11.5 Å². The number of aliphatic hydroxyl groups excluding tert-OH is 1. The van der Waals surface area contributed by atoms with Gasteiger partial charge in [-0.25, -0.2) is 27.7 Å². The number of nitrogens with one attached hydrogen (secondary N) is 1. The van der Waals surface area contributed by atoms with Crippen LogP contribution in [0.1, 0.15) is 36.4 Å². The summed E-state index contributed by atoms with van der Waals surface area (Å²) in [6, 6.07) is 4.77. The zero-order valence-corrected chi connectivity index (χ0v) is 16.5. The maximum absolute atomic E-state index is 14.4. The second-order valence-corrected chi connectivity index (χ2v) is 7.49. The van der Waals surface area contributed by atoms with E-state index in [1.165, 1.54) is 16.8 Å². The predicted molar refractivity (Wildman–Crippen MR) is 106 cm³/mol. The van der Waals surface area contributed by atoms with Gasteiger partial charge in [0.25, 0.3) is 0 Å². The quantitative estimate of drug-likeness (QED) is 0.404. The highest BCUT2D eigenvalue weighted by Gasteiger charge is 2.30. The Morgan fingerprint density at radius 1 is 1.16 bits per heavy atom. The molecule has 0 aliphatic carbocycles. The summed E-state index contributed by atoms with van der Waals surface area (Å²) in [5.74, 6) is -0.706. The van der Waals surface area contributed by atoms with Gasteiger partial charge in [0.05, 0.1) is 17.8 Å². The number of H-pyrrole nitrogens is 1. The molecule has 32 heavy (non-hydrogen) atoms. The fourth-order valence-corrected chi connectivity index (χ4v) is 3.97. The predicted octanol–water partition coefficient (Wildman–Crippen LogP) is 2.46. The summed E-state index contributed by atoms with van der Waals surface area (Å²) < 4.78 is 43.5. The van der Waals surface area contributed by atoms with Gasteiger partial charge < -0.3 is 15.1 Å². The Hall–Kier alpha value is -3.51. The Labute approximate surface area is 179 Å². The maximum Gasteiger partial charge on any atom is 0.209 e. The van der Waals surface area contributed by atoms with Crippen LogP contribution in [0.2, 0.25) is 0 Å². The van der Waals surface area contributed by atoms with Crippen molar-refractivity contribution in [1.29, 1.82) is 0 Å². The van der Waals surface area contributed by atoms with Crippen molar-refractivity contribution < 1.29 is 23.4 Å². The number of hydrogen-bond acceptors (Lipinski definition) is 7. The lowest BCUT2D eigenvalue weighted by Gasteiger charge is -2.26. The number of halogens is 3. The third kappa shape index (κ3) is 3.46. The first-order valence-corrected chi connectivity index (χ1v) is 9.91. The number of fused-ring (bicyclic) bond motifs is 1. The summed E-state index contributed by atoms with van der Waals surface area (Å²) in [5.41, 5.74) is 1.04. The van der Waals surface area contributed by atoms with E-state index in [4.69, 9.17) is 10.2 Å². The normalized spacial score (nSPS) is 17.6. The van der Waals surface area contributed by atoms with Crippen molar-refractivity contribution in [2.24, 2.45) is 0 Å². The van der Waals surface area contributed by atoms with Gasteiger partial charge in [-0.15, -0.1) is 0 Å². The minimum atomic E-state index is -2.24. The second kappa shape index (κ2) is 7.88. The fourth-order valence-electron chi connectivity index (χ4n) is 3.97. The Balaban J connectivity index is 1.52. The standard InChI is InChI=1S/C20H18F3N7O2/c21-10-3-4-13(22)11(8-10)14-2-1-6-29(14)15-5-7-30-19(25-15)12(9-24-30)17-26-18(28-27-17)16(23)20(31)32/h3-5,7-9,14,16,20,31-32H,1-2,6H2,(H,26,27,28)/t14-,16?/m1/s1. The molecule has 12 heteroatoms. The van der Waals surface area contributed by atoms with Gasteiger partial charge in [0.1, 0.15) is 17.5 Å². The van der Waals surface area contributed by atoms with Gasteiger partial charge in [0.2, 0.25) is 6.17 Å². The van der Waals surface area contributed by atoms with Gasteiger partial charge in [-0.1, -0.05) is 0 Å². The number of hydrogen-bond donors (Lipinski definition) is 3. The number of benzene rings is 1. The lowest BCUT2D eigenvalue weighted by Crippen LogP contribution is -2.24. The number of aromatic amines is 1. The first-order valence-electron chi connectivity index (χ1n) is 9.91. The number of rotatable bonds is 5. The highest BCUT2D eigenvalue weighted by Crippen LogP contribution is 2.37. The number of aliphatic hydroxyl groups is 2. The van der Waals surface area contributed by atoms with E-state index >= 15 is 0 Å². The second-order valence-electron chi connectivity index (χ2n) is 7.49. The zero-order valence-electron chi connectivity index (χ0n) is 16.5. The van der Waals surface area contributed by atoms with E-state index in [-0.39, 0.29) is 23.3 Å². The van der Waals surface area contributed by atoms with E-state index in [1.54, 1.807) is 12.3 Å². The molecule has 2 atom stereocenters. The molecule has 1 unspecified atom stereocenters. The van der Waals surface area contributed by atoms with E-state index in [9.17, 15) is 13.2 Å². The van der Waals surface area contributed by atoms with Crippen LogP contribution < -0.4 is 4.90 Å². The molecule has 1 aliphatic rings. The molecule has 4 heterocycles. The molecule has 5 rings (SSSR count). The van der Waals surface area contributed by atoms with Gasteiger partial charge in [-0.3, -0.25) is 5.10 Å². The van der Waals surface area contributed by atoms with Crippen molar-refractivity contribution in [3.05, 3.63) is 59.7 Å². The SMILES string of the molecule is OC(O)C(F)c1nc(-c2cnn3ccc(N4CCC[C@@H]4c4cc(F)ccc4F)nc23)n[nH]1. The number of anilines is 1. The molecule has 3 aromatic heterocycles. The van der Waals surface area contributed by atoms with Crippen molar-refractivity contribution in [3.63, 3.8) is 0 Å². The van der Waals surface area contributed by atoms with Crippen LogP contribution >= 0.6 is 0 Å². The molecule has 1 aliphatic heterocycles. The Morgan fingerprint density at radius 2 is 2.00 bits per heavy atom. The highest BCUT2D eigenvalue weighted by molar-refractivity contribution is 5.73. The lowest BCUT2D eigenvalue weighted by atomic mass is 10.0. The smallest absolute Gasteiger partial charge is 0.209 e. The van der Waals surface area contributed by atoms with Crippen LogP contribution in [0.5, 0.6) is 0 Å². The van der Waals surface area contributed by atoms with E-state index in [0.717, 1.165) is 18.6 Å². The monoisotopic (exact) mass is 445 g/mol. The average molecular weight is 445 g/mol. The molecule has 3 N–H and O–H groups in total. The van der Waals surface area contributed by atoms with Crippen LogP contribution in [0, 0.1) is 11.6 Å². The van der Waals surface area contributed by atoms with Crippen LogP contribution in [0.25, 0.3) is 17.0 Å². The minimum absolute atomic E-state index is 0.0806. The summed E-state index contributed by atoms with van der Waals surface area (Å²) in [6.07, 6.45) is 0.167. The molecular formula is C20H18F3N7O2. The van der Waals surface area contributed by atoms with Crippen molar-refractivity contribution in [2.75, 3.05) is 11.4 Å². The first kappa shape index (κ1) is 20.4. The molecule has 0 bridgehead atoms. The zero-order chi connectivity index (χ0) is 22.4. The summed E-state index contributed by atoms with van der Waals surface area (Å²) in [4.78, 5) is 10.5. The Kier molecular flexibility index (Phi) is 5.02. The molecule has 4 aromatic rings. The van der Waals surface area contributed by atoms with Gasteiger partial charge in [-0.05, 0) is 37.1 Å². The van der Waals surface area contributed by atoms with E-state index in [1.807, 2.05) is 4.90 Å². The summed E-state index contributed by atoms with van der Waals surface area (Å²) >= 11 is 0.